The molecule has 0 aliphatic carbocycles. The molecule has 0 bridgehead atoms. The summed E-state index contributed by atoms with van der Waals surface area (Å²) in [6, 6.07) is 25.3. The predicted octanol–water partition coefficient (Wildman–Crippen LogP) is 3.65. The van der Waals surface area contributed by atoms with Gasteiger partial charge in [-0.2, -0.15) is 0 Å². The Morgan fingerprint density at radius 2 is 1.42 bits per heavy atom. The molecule has 0 heterocycles. The smallest absolute Gasteiger partial charge is 0.232 e. The third-order valence-electron chi connectivity index (χ3n) is 6.02. The van der Waals surface area contributed by atoms with E-state index in [0.29, 0.717) is 32.2 Å². The van der Waals surface area contributed by atoms with Gasteiger partial charge in [0.25, 0.3) is 0 Å². The number of phenols is 1. The fourth-order valence-electron chi connectivity index (χ4n) is 4.13. The Balaban J connectivity index is 1.74. The molecule has 0 unspecified atom stereocenters. The van der Waals surface area contributed by atoms with Gasteiger partial charge in [0.2, 0.25) is 5.91 Å². The van der Waals surface area contributed by atoms with Crippen molar-refractivity contribution in [3.63, 3.8) is 0 Å². The lowest BCUT2D eigenvalue weighted by Gasteiger charge is -2.23. The van der Waals surface area contributed by atoms with Crippen LogP contribution in [0.15, 0.2) is 89.9 Å². The van der Waals surface area contributed by atoms with E-state index in [2.05, 4.69) is 10.3 Å². The van der Waals surface area contributed by atoms with Gasteiger partial charge in [-0.05, 0) is 54.5 Å². The number of nitrogens with two attached hydrogens (primary N) is 2. The number of hydrogen-bond donors (Lipinski definition) is 4. The van der Waals surface area contributed by atoms with Crippen LogP contribution < -0.4 is 16.8 Å². The second kappa shape index (κ2) is 13.7. The van der Waals surface area contributed by atoms with Crippen molar-refractivity contribution < 1.29 is 14.7 Å². The van der Waals surface area contributed by atoms with Gasteiger partial charge in [-0.15, -0.1) is 0 Å². The van der Waals surface area contributed by atoms with Crippen molar-refractivity contribution >= 4 is 17.6 Å². The van der Waals surface area contributed by atoms with Crippen molar-refractivity contribution in [2.24, 2.45) is 16.5 Å². The second-order valence-corrected chi connectivity index (χ2v) is 8.75. The molecule has 0 fully saturated rings. The maximum atomic E-state index is 13.6. The number of benzene rings is 3. The third-order valence-corrected chi connectivity index (χ3v) is 6.02. The SMILES string of the molecule is NC(N)=NCCCC[C@@H](NC(=O)C(c1ccccc1)c1ccccc1)C(=O)CCc1ccc(O)cc1. The number of ketones is 1. The number of unbranched alkanes of at least 4 members (excludes halogenated alkanes) is 1. The fraction of sp³-hybridized carbons (Fsp3) is 0.276. The number of aromatic hydroxyl groups is 1. The van der Waals surface area contributed by atoms with E-state index in [1.165, 1.54) is 0 Å². The molecule has 0 aliphatic heterocycles. The standard InChI is InChI=1S/C29H34N4O3/c30-29(31)32-20-8-7-13-25(26(35)19-16-21-14-17-24(34)18-15-21)33-28(36)27(22-9-3-1-4-10-22)23-11-5-2-6-12-23/h1-6,9-12,14-15,17-18,25,27,34H,7-8,13,16,19-20H2,(H,33,36)(H4,30,31,32)/t25-/m1/s1. The van der Waals surface area contributed by atoms with Gasteiger partial charge >= 0.3 is 0 Å². The zero-order valence-corrected chi connectivity index (χ0v) is 20.3. The van der Waals surface area contributed by atoms with E-state index in [1.807, 2.05) is 60.7 Å². The second-order valence-electron chi connectivity index (χ2n) is 8.75. The monoisotopic (exact) mass is 486 g/mol. The Morgan fingerprint density at radius 1 is 0.833 bits per heavy atom. The highest BCUT2D eigenvalue weighted by atomic mass is 16.3. The van der Waals surface area contributed by atoms with Crippen molar-refractivity contribution in [2.75, 3.05) is 6.54 Å². The molecule has 0 aliphatic rings. The summed E-state index contributed by atoms with van der Waals surface area (Å²) in [7, 11) is 0. The molecule has 188 valence electrons. The molecule has 0 spiro atoms. The number of carbonyl (C=O) groups excluding carboxylic acids is 2. The zero-order chi connectivity index (χ0) is 25.8. The normalized spacial score (nSPS) is 11.6. The van der Waals surface area contributed by atoms with Crippen LogP contribution in [0.4, 0.5) is 0 Å². The van der Waals surface area contributed by atoms with Crippen molar-refractivity contribution in [3.8, 4) is 5.75 Å². The maximum Gasteiger partial charge on any atom is 0.232 e. The summed E-state index contributed by atoms with van der Waals surface area (Å²) in [5.74, 6) is -0.540. The number of aryl methyl sites for hydroxylation is 1. The zero-order valence-electron chi connectivity index (χ0n) is 20.3. The van der Waals surface area contributed by atoms with E-state index in [0.717, 1.165) is 16.7 Å². The first-order chi connectivity index (χ1) is 17.4. The Bertz CT molecular complexity index is 1090. The minimum absolute atomic E-state index is 0.0295. The first-order valence-corrected chi connectivity index (χ1v) is 12.2. The van der Waals surface area contributed by atoms with Crippen LogP contribution in [0, 0.1) is 0 Å². The number of phenolic OH excluding ortho intramolecular Hbond substituents is 1. The van der Waals surface area contributed by atoms with Gasteiger partial charge in [0.1, 0.15) is 5.75 Å². The Kier molecular flexibility index (Phi) is 10.1. The van der Waals surface area contributed by atoms with Gasteiger partial charge in [-0.3, -0.25) is 14.6 Å². The summed E-state index contributed by atoms with van der Waals surface area (Å²) in [5, 5.41) is 12.5. The summed E-state index contributed by atoms with van der Waals surface area (Å²) in [6.07, 6.45) is 2.70. The molecular formula is C29H34N4O3. The van der Waals surface area contributed by atoms with E-state index < -0.39 is 12.0 Å². The molecule has 0 aromatic heterocycles. The molecular weight excluding hydrogens is 452 g/mol. The minimum atomic E-state index is -0.622. The average Bonchev–Trinajstić information content (AvgIpc) is 2.88. The van der Waals surface area contributed by atoms with Gasteiger partial charge in [-0.1, -0.05) is 72.8 Å². The lowest BCUT2D eigenvalue weighted by Crippen LogP contribution is -2.43. The van der Waals surface area contributed by atoms with Gasteiger partial charge in [0, 0.05) is 13.0 Å². The van der Waals surface area contributed by atoms with Crippen molar-refractivity contribution in [1.29, 1.82) is 0 Å². The number of amides is 1. The number of nitrogens with zero attached hydrogens (tertiary/aromatic N) is 1. The first kappa shape index (κ1) is 26.5. The lowest BCUT2D eigenvalue weighted by atomic mass is 9.89. The Morgan fingerprint density at radius 3 is 1.97 bits per heavy atom. The number of guanidine groups is 1. The first-order valence-electron chi connectivity index (χ1n) is 12.2. The molecule has 0 saturated carbocycles. The van der Waals surface area contributed by atoms with Crippen molar-refractivity contribution in [1.82, 2.24) is 5.32 Å². The molecule has 0 saturated heterocycles. The predicted molar refractivity (Wildman–Crippen MR) is 143 cm³/mol. The van der Waals surface area contributed by atoms with Crippen LogP contribution in [0.3, 0.4) is 0 Å². The molecule has 3 aromatic rings. The lowest BCUT2D eigenvalue weighted by molar-refractivity contribution is -0.128. The summed E-state index contributed by atoms with van der Waals surface area (Å²) in [4.78, 5) is 30.9. The number of rotatable bonds is 13. The maximum absolute atomic E-state index is 13.6. The van der Waals surface area contributed by atoms with E-state index in [4.69, 9.17) is 11.5 Å². The Labute approximate surface area is 212 Å². The van der Waals surface area contributed by atoms with Crippen LogP contribution in [-0.4, -0.2) is 35.3 Å². The van der Waals surface area contributed by atoms with E-state index >= 15 is 0 Å². The van der Waals surface area contributed by atoms with Crippen molar-refractivity contribution in [3.05, 3.63) is 102 Å². The van der Waals surface area contributed by atoms with E-state index in [1.54, 1.807) is 24.3 Å². The largest absolute Gasteiger partial charge is 0.508 e. The van der Waals surface area contributed by atoms with Crippen LogP contribution in [0.25, 0.3) is 0 Å². The van der Waals surface area contributed by atoms with Crippen LogP contribution in [-0.2, 0) is 16.0 Å². The highest BCUT2D eigenvalue weighted by Crippen LogP contribution is 2.25. The van der Waals surface area contributed by atoms with Crippen LogP contribution in [0.5, 0.6) is 5.75 Å². The number of hydrogen-bond acceptors (Lipinski definition) is 4. The van der Waals surface area contributed by atoms with Gasteiger partial charge in [-0.25, -0.2) is 0 Å². The number of aliphatic imine (C=N–C) groups is 1. The molecule has 6 N–H and O–H groups in total. The third kappa shape index (κ3) is 8.27. The van der Waals surface area contributed by atoms with E-state index in [9.17, 15) is 14.7 Å². The number of carbonyl (C=O) groups is 2. The molecule has 7 nitrogen and oxygen atoms in total. The number of Topliss-reactive ketones (excluding diaryl/α,β-unsaturated/α-hetero) is 1. The van der Waals surface area contributed by atoms with Gasteiger partial charge in [0.05, 0.1) is 12.0 Å². The van der Waals surface area contributed by atoms with Gasteiger partial charge < -0.3 is 21.9 Å². The highest BCUT2D eigenvalue weighted by Gasteiger charge is 2.27. The summed E-state index contributed by atoms with van der Waals surface area (Å²) >= 11 is 0. The minimum Gasteiger partial charge on any atom is -0.508 e. The quantitative estimate of drug-likeness (QED) is 0.166. The summed E-state index contributed by atoms with van der Waals surface area (Å²) < 4.78 is 0. The molecule has 7 heteroatoms. The van der Waals surface area contributed by atoms with Crippen LogP contribution in [0.1, 0.15) is 48.3 Å². The summed E-state index contributed by atoms with van der Waals surface area (Å²) in [6.45, 7) is 0.474. The molecule has 36 heavy (non-hydrogen) atoms. The molecule has 0 radical (unpaired) electrons. The molecule has 3 aromatic carbocycles. The van der Waals surface area contributed by atoms with Gasteiger partial charge in [0.15, 0.2) is 11.7 Å². The summed E-state index contributed by atoms with van der Waals surface area (Å²) in [5.41, 5.74) is 13.5. The highest BCUT2D eigenvalue weighted by molar-refractivity contribution is 5.93. The average molecular weight is 487 g/mol. The van der Waals surface area contributed by atoms with Crippen LogP contribution >= 0.6 is 0 Å². The Hall–Kier alpha value is -4.13. The molecule has 1 atom stereocenters. The molecule has 3 rings (SSSR count). The number of nitrogens with one attached hydrogen (secondary N) is 1. The van der Waals surface area contributed by atoms with Crippen LogP contribution in [0.2, 0.25) is 0 Å². The topological polar surface area (TPSA) is 131 Å². The fourth-order valence-corrected chi connectivity index (χ4v) is 4.13. The molecule has 1 amide bonds. The van der Waals surface area contributed by atoms with Crippen molar-refractivity contribution in [2.45, 2.75) is 44.1 Å². The van der Waals surface area contributed by atoms with E-state index in [-0.39, 0.29) is 29.8 Å².